The molecule has 0 atom stereocenters. The zero-order valence-corrected chi connectivity index (χ0v) is 16.9. The molecule has 6 nitrogen and oxygen atoms in total. The lowest BCUT2D eigenvalue weighted by Crippen LogP contribution is -2.34. The number of nitrogens with zero attached hydrogens (tertiary/aromatic N) is 3. The van der Waals surface area contributed by atoms with Crippen LogP contribution in [0.1, 0.15) is 5.69 Å². The number of para-hydroxylation sites is 1. The van der Waals surface area contributed by atoms with E-state index in [1.165, 1.54) is 28.4 Å². The van der Waals surface area contributed by atoms with Gasteiger partial charge in [-0.05, 0) is 42.5 Å². The number of methoxy groups -OCH3 is 1. The zero-order chi connectivity index (χ0) is 20.9. The van der Waals surface area contributed by atoms with Crippen molar-refractivity contribution in [3.05, 3.63) is 78.4 Å². The van der Waals surface area contributed by atoms with Crippen molar-refractivity contribution in [1.82, 2.24) is 9.97 Å². The summed E-state index contributed by atoms with van der Waals surface area (Å²) < 4.78 is 25.4. The van der Waals surface area contributed by atoms with E-state index in [-0.39, 0.29) is 24.8 Å². The minimum Gasteiger partial charge on any atom is -0.497 e. The maximum absolute atomic E-state index is 13.8. The Morgan fingerprint density at radius 1 is 1.13 bits per heavy atom. The van der Waals surface area contributed by atoms with Gasteiger partial charge in [-0.1, -0.05) is 29.5 Å². The Labute approximate surface area is 176 Å². The highest BCUT2D eigenvalue weighted by Crippen LogP contribution is 2.32. The van der Waals surface area contributed by atoms with Gasteiger partial charge in [-0.2, -0.15) is 0 Å². The molecule has 30 heavy (non-hydrogen) atoms. The van der Waals surface area contributed by atoms with Crippen LogP contribution in [0.2, 0.25) is 0 Å². The van der Waals surface area contributed by atoms with Gasteiger partial charge in [0.15, 0.2) is 23.3 Å². The number of aromatic nitrogens is 2. The van der Waals surface area contributed by atoms with Crippen molar-refractivity contribution in [3.63, 3.8) is 0 Å². The summed E-state index contributed by atoms with van der Waals surface area (Å²) >= 11 is 1.36. The molecule has 1 amide bonds. The molecule has 0 aliphatic carbocycles. The van der Waals surface area contributed by atoms with Crippen LogP contribution in [0.5, 0.6) is 11.5 Å². The highest BCUT2D eigenvalue weighted by Gasteiger charge is 2.22. The number of carbonyl (C=O) groups is 1. The van der Waals surface area contributed by atoms with Gasteiger partial charge in [0.2, 0.25) is 0 Å². The second kappa shape index (κ2) is 8.87. The van der Waals surface area contributed by atoms with Gasteiger partial charge in [0.25, 0.3) is 5.91 Å². The van der Waals surface area contributed by atoms with Gasteiger partial charge in [0, 0.05) is 6.20 Å². The first-order valence-electron chi connectivity index (χ1n) is 9.16. The third-order valence-electron chi connectivity index (χ3n) is 4.35. The van der Waals surface area contributed by atoms with E-state index in [2.05, 4.69) is 9.97 Å². The van der Waals surface area contributed by atoms with Crippen LogP contribution in [0.3, 0.4) is 0 Å². The molecule has 0 fully saturated rings. The van der Waals surface area contributed by atoms with E-state index in [4.69, 9.17) is 9.47 Å². The largest absolute Gasteiger partial charge is 0.497 e. The summed E-state index contributed by atoms with van der Waals surface area (Å²) in [6.45, 7) is -0.107. The Kier molecular flexibility index (Phi) is 5.85. The molecule has 4 rings (SSSR count). The minimum absolute atomic E-state index is 0.0256. The summed E-state index contributed by atoms with van der Waals surface area (Å²) in [5.74, 6) is -0.135. The van der Waals surface area contributed by atoms with E-state index >= 15 is 0 Å². The summed E-state index contributed by atoms with van der Waals surface area (Å²) in [4.78, 5) is 23.4. The summed E-state index contributed by atoms with van der Waals surface area (Å²) in [7, 11) is 1.60. The number of hydrogen-bond donors (Lipinski definition) is 0. The van der Waals surface area contributed by atoms with Gasteiger partial charge >= 0.3 is 0 Å². The quantitative estimate of drug-likeness (QED) is 0.439. The summed E-state index contributed by atoms with van der Waals surface area (Å²) in [6.07, 6.45) is 1.66. The summed E-state index contributed by atoms with van der Waals surface area (Å²) in [5.41, 5.74) is 1.46. The summed E-state index contributed by atoms with van der Waals surface area (Å²) in [6, 6.07) is 17.0. The first-order chi connectivity index (χ1) is 14.6. The molecule has 4 aromatic rings. The molecule has 0 aliphatic rings. The summed E-state index contributed by atoms with van der Waals surface area (Å²) in [5, 5.41) is 0.506. The van der Waals surface area contributed by atoms with E-state index in [1.807, 2.05) is 30.3 Å². The first-order valence-corrected chi connectivity index (χ1v) is 9.98. The number of rotatable bonds is 7. The molecular formula is C22H18FN3O3S. The number of ether oxygens (including phenoxy) is 2. The van der Waals surface area contributed by atoms with E-state index < -0.39 is 5.82 Å². The smallest absolute Gasteiger partial charge is 0.267 e. The molecule has 0 N–H and O–H groups in total. The number of anilines is 1. The second-order valence-corrected chi connectivity index (χ2v) is 7.36. The highest BCUT2D eigenvalue weighted by molar-refractivity contribution is 7.22. The van der Waals surface area contributed by atoms with Crippen molar-refractivity contribution in [2.45, 2.75) is 6.54 Å². The number of pyridine rings is 1. The zero-order valence-electron chi connectivity index (χ0n) is 16.1. The third-order valence-corrected chi connectivity index (χ3v) is 5.39. The Balaban J connectivity index is 1.62. The average Bonchev–Trinajstić information content (AvgIpc) is 3.20. The SMILES string of the molecule is COc1ccc2nc(N(Cc3ccccn3)C(=O)COc3ccccc3F)sc2c1. The fourth-order valence-corrected chi connectivity index (χ4v) is 3.84. The highest BCUT2D eigenvalue weighted by atomic mass is 32.1. The van der Waals surface area contributed by atoms with Crippen molar-refractivity contribution >= 4 is 32.6 Å². The maximum Gasteiger partial charge on any atom is 0.267 e. The van der Waals surface area contributed by atoms with Crippen molar-refractivity contribution < 1.29 is 18.7 Å². The molecule has 2 aromatic carbocycles. The molecule has 0 spiro atoms. The van der Waals surface area contributed by atoms with Gasteiger partial charge < -0.3 is 9.47 Å². The van der Waals surface area contributed by atoms with Crippen LogP contribution in [0.15, 0.2) is 66.9 Å². The number of fused-ring (bicyclic) bond motifs is 1. The van der Waals surface area contributed by atoms with Crippen LogP contribution in [0, 0.1) is 5.82 Å². The number of benzene rings is 2. The molecule has 2 heterocycles. The number of amides is 1. The third kappa shape index (κ3) is 4.38. The van der Waals surface area contributed by atoms with Crippen molar-refractivity contribution in [3.8, 4) is 11.5 Å². The molecule has 152 valence electrons. The molecule has 0 unspecified atom stereocenters. The lowest BCUT2D eigenvalue weighted by atomic mass is 10.3. The second-order valence-electron chi connectivity index (χ2n) is 6.35. The molecule has 0 radical (unpaired) electrons. The minimum atomic E-state index is -0.520. The number of carbonyl (C=O) groups excluding carboxylic acids is 1. The molecule has 2 aromatic heterocycles. The van der Waals surface area contributed by atoms with Crippen LogP contribution < -0.4 is 14.4 Å². The van der Waals surface area contributed by atoms with E-state index in [0.717, 1.165) is 10.2 Å². The molecule has 0 saturated heterocycles. The van der Waals surface area contributed by atoms with Gasteiger partial charge in [-0.15, -0.1) is 0 Å². The van der Waals surface area contributed by atoms with Crippen LogP contribution in [0.25, 0.3) is 10.2 Å². The van der Waals surface area contributed by atoms with E-state index in [0.29, 0.717) is 16.6 Å². The van der Waals surface area contributed by atoms with Crippen molar-refractivity contribution in [2.24, 2.45) is 0 Å². The lowest BCUT2D eigenvalue weighted by molar-refractivity contribution is -0.120. The van der Waals surface area contributed by atoms with E-state index in [1.54, 1.807) is 31.5 Å². The van der Waals surface area contributed by atoms with Crippen molar-refractivity contribution in [1.29, 1.82) is 0 Å². The fraction of sp³-hybridized carbons (Fsp3) is 0.136. The Morgan fingerprint density at radius 2 is 1.97 bits per heavy atom. The predicted molar refractivity (Wildman–Crippen MR) is 113 cm³/mol. The predicted octanol–water partition coefficient (Wildman–Crippen LogP) is 4.45. The molecule has 0 bridgehead atoms. The average molecular weight is 423 g/mol. The number of halogens is 1. The van der Waals surface area contributed by atoms with Gasteiger partial charge in [-0.3, -0.25) is 14.7 Å². The van der Waals surface area contributed by atoms with Crippen LogP contribution in [-0.4, -0.2) is 29.6 Å². The van der Waals surface area contributed by atoms with Gasteiger partial charge in [-0.25, -0.2) is 9.37 Å². The Hall–Kier alpha value is -3.52. The molecule has 8 heteroatoms. The van der Waals surface area contributed by atoms with Crippen LogP contribution in [0.4, 0.5) is 9.52 Å². The standard InChI is InChI=1S/C22H18FN3O3S/c1-28-16-9-10-18-20(12-16)30-22(25-18)26(13-15-6-4-5-11-24-15)21(27)14-29-19-8-3-2-7-17(19)23/h2-12H,13-14H2,1H3. The normalized spacial score (nSPS) is 10.7. The monoisotopic (exact) mass is 423 g/mol. The Bertz CT molecular complexity index is 1170. The Morgan fingerprint density at radius 3 is 2.73 bits per heavy atom. The molecular weight excluding hydrogens is 405 g/mol. The molecule has 0 aliphatic heterocycles. The van der Waals surface area contributed by atoms with Crippen molar-refractivity contribution in [2.75, 3.05) is 18.6 Å². The molecule has 0 saturated carbocycles. The van der Waals surface area contributed by atoms with Crippen LogP contribution >= 0.6 is 11.3 Å². The van der Waals surface area contributed by atoms with Gasteiger partial charge in [0.05, 0.1) is 29.6 Å². The number of thiazole rings is 1. The first kappa shape index (κ1) is 19.8. The van der Waals surface area contributed by atoms with Gasteiger partial charge in [0.1, 0.15) is 5.75 Å². The number of hydrogen-bond acceptors (Lipinski definition) is 6. The maximum atomic E-state index is 13.8. The van der Waals surface area contributed by atoms with E-state index in [9.17, 15) is 9.18 Å². The lowest BCUT2D eigenvalue weighted by Gasteiger charge is -2.19. The fourth-order valence-electron chi connectivity index (χ4n) is 2.83. The topological polar surface area (TPSA) is 64.5 Å². The van der Waals surface area contributed by atoms with Crippen LogP contribution in [-0.2, 0) is 11.3 Å².